The molecule has 0 bridgehead atoms. The first-order valence-corrected chi connectivity index (χ1v) is 5.34. The van der Waals surface area contributed by atoms with Crippen molar-refractivity contribution in [1.29, 1.82) is 0 Å². The van der Waals surface area contributed by atoms with Gasteiger partial charge in [0.2, 0.25) is 0 Å². The van der Waals surface area contributed by atoms with Crippen LogP contribution in [0, 0.1) is 6.07 Å². The van der Waals surface area contributed by atoms with Crippen LogP contribution in [0.2, 0.25) is 0 Å². The number of fused-ring (bicyclic) bond motifs is 1. The second-order valence-electron chi connectivity index (χ2n) is 3.82. The standard InChI is InChI=1S/C12H12N3.Ir/c1-2-6-10(7-3-1)12-14-13-11-8-4-5-9-15(11)12;/h1-3,6H,4-5,8-9H2;/q-1;. The molecule has 0 spiro atoms. The number of aryl methyl sites for hydroxylation is 1. The molecule has 3 nitrogen and oxygen atoms in total. The van der Waals surface area contributed by atoms with Crippen molar-refractivity contribution in [3.05, 3.63) is 36.2 Å². The molecule has 16 heavy (non-hydrogen) atoms. The molecule has 1 aromatic heterocycles. The van der Waals surface area contributed by atoms with E-state index in [-0.39, 0.29) is 20.1 Å². The van der Waals surface area contributed by atoms with Gasteiger partial charge in [0, 0.05) is 33.1 Å². The quantitative estimate of drug-likeness (QED) is 0.698. The van der Waals surface area contributed by atoms with Gasteiger partial charge in [-0.1, -0.05) is 0 Å². The van der Waals surface area contributed by atoms with Gasteiger partial charge in [-0.2, -0.15) is 5.10 Å². The number of nitrogens with zero attached hydrogens (tertiary/aromatic N) is 3. The summed E-state index contributed by atoms with van der Waals surface area (Å²) in [5, 5.41) is 8.48. The molecule has 2 heterocycles. The van der Waals surface area contributed by atoms with Gasteiger partial charge in [0.25, 0.3) is 0 Å². The van der Waals surface area contributed by atoms with Crippen LogP contribution in [-0.2, 0) is 33.1 Å². The predicted molar refractivity (Wildman–Crippen MR) is 57.2 cm³/mol. The monoisotopic (exact) mass is 391 g/mol. The van der Waals surface area contributed by atoms with E-state index in [0.29, 0.717) is 0 Å². The zero-order valence-corrected chi connectivity index (χ0v) is 11.2. The molecule has 1 aromatic carbocycles. The first kappa shape index (κ1) is 11.5. The number of aromatic nitrogens is 3. The largest absolute Gasteiger partial charge is 0.351 e. The van der Waals surface area contributed by atoms with Crippen molar-refractivity contribution in [2.45, 2.75) is 25.8 Å². The number of rotatable bonds is 1. The van der Waals surface area contributed by atoms with Crippen molar-refractivity contribution >= 4 is 0 Å². The SMILES string of the molecule is [Ir].[c-]1ccccc1-c1nnc2n1CCCC2. The van der Waals surface area contributed by atoms with Crippen LogP contribution in [0.25, 0.3) is 11.4 Å². The molecule has 1 aliphatic heterocycles. The molecule has 1 radical (unpaired) electrons. The van der Waals surface area contributed by atoms with Crippen LogP contribution in [0.5, 0.6) is 0 Å². The fourth-order valence-electron chi connectivity index (χ4n) is 2.04. The van der Waals surface area contributed by atoms with Crippen molar-refractivity contribution in [2.75, 3.05) is 0 Å². The molecule has 0 saturated carbocycles. The molecule has 0 aliphatic carbocycles. The third-order valence-corrected chi connectivity index (χ3v) is 2.81. The maximum absolute atomic E-state index is 4.25. The molecule has 0 N–H and O–H groups in total. The first-order chi connectivity index (χ1) is 7.45. The molecule has 3 rings (SSSR count). The number of benzene rings is 1. The van der Waals surface area contributed by atoms with E-state index in [2.05, 4.69) is 20.8 Å². The predicted octanol–water partition coefficient (Wildman–Crippen LogP) is 2.08. The average Bonchev–Trinajstić information content (AvgIpc) is 2.74. The van der Waals surface area contributed by atoms with E-state index >= 15 is 0 Å². The van der Waals surface area contributed by atoms with Crippen LogP contribution in [0.15, 0.2) is 24.3 Å². The van der Waals surface area contributed by atoms with E-state index in [1.807, 2.05) is 24.3 Å². The van der Waals surface area contributed by atoms with Crippen LogP contribution in [0.4, 0.5) is 0 Å². The van der Waals surface area contributed by atoms with E-state index < -0.39 is 0 Å². The Balaban J connectivity index is 0.000000963. The summed E-state index contributed by atoms with van der Waals surface area (Å²) >= 11 is 0. The minimum atomic E-state index is 0. The summed E-state index contributed by atoms with van der Waals surface area (Å²) < 4.78 is 2.22. The fraction of sp³-hybridized carbons (Fsp3) is 0.333. The van der Waals surface area contributed by atoms with Crippen LogP contribution in [0.3, 0.4) is 0 Å². The molecule has 0 saturated heterocycles. The van der Waals surface area contributed by atoms with Crippen LogP contribution < -0.4 is 0 Å². The Labute approximate surface area is 108 Å². The van der Waals surface area contributed by atoms with Crippen molar-refractivity contribution in [3.8, 4) is 11.4 Å². The topological polar surface area (TPSA) is 30.7 Å². The van der Waals surface area contributed by atoms with Gasteiger partial charge in [-0.15, -0.1) is 41.0 Å². The Kier molecular flexibility index (Phi) is 3.52. The zero-order chi connectivity index (χ0) is 10.1. The zero-order valence-electron chi connectivity index (χ0n) is 8.81. The van der Waals surface area contributed by atoms with Crippen molar-refractivity contribution in [3.63, 3.8) is 0 Å². The Hall–Kier alpha value is -0.991. The van der Waals surface area contributed by atoms with Gasteiger partial charge in [-0.3, -0.25) is 0 Å². The molecule has 1 aliphatic rings. The molecule has 2 aromatic rings. The van der Waals surface area contributed by atoms with Crippen molar-refractivity contribution < 1.29 is 20.1 Å². The average molecular weight is 390 g/mol. The molecule has 85 valence electrons. The summed E-state index contributed by atoms with van der Waals surface area (Å²) in [6, 6.07) is 11.1. The second kappa shape index (κ2) is 4.89. The fourth-order valence-corrected chi connectivity index (χ4v) is 2.04. The summed E-state index contributed by atoms with van der Waals surface area (Å²) in [5.41, 5.74) is 1.04. The third kappa shape index (κ3) is 1.95. The van der Waals surface area contributed by atoms with Gasteiger partial charge in [-0.25, -0.2) is 0 Å². The van der Waals surface area contributed by atoms with E-state index in [1.54, 1.807) is 0 Å². The van der Waals surface area contributed by atoms with Crippen molar-refractivity contribution in [2.24, 2.45) is 0 Å². The van der Waals surface area contributed by atoms with E-state index in [4.69, 9.17) is 0 Å². The van der Waals surface area contributed by atoms with E-state index in [1.165, 1.54) is 12.8 Å². The van der Waals surface area contributed by atoms with E-state index in [0.717, 1.165) is 30.2 Å². The van der Waals surface area contributed by atoms with Gasteiger partial charge in [0.1, 0.15) is 5.82 Å². The van der Waals surface area contributed by atoms with Gasteiger partial charge in [0.15, 0.2) is 0 Å². The van der Waals surface area contributed by atoms with Gasteiger partial charge in [-0.05, 0) is 12.8 Å². The molecule has 0 atom stereocenters. The summed E-state index contributed by atoms with van der Waals surface area (Å²) in [5.74, 6) is 2.08. The van der Waals surface area contributed by atoms with Crippen LogP contribution in [0.1, 0.15) is 18.7 Å². The maximum atomic E-state index is 4.25. The molecule has 0 amide bonds. The Bertz CT molecular complexity index is 464. The molecular weight excluding hydrogens is 378 g/mol. The Morgan fingerprint density at radius 1 is 1.19 bits per heavy atom. The van der Waals surface area contributed by atoms with E-state index in [9.17, 15) is 0 Å². The van der Waals surface area contributed by atoms with Crippen LogP contribution in [-0.4, -0.2) is 14.8 Å². The third-order valence-electron chi connectivity index (χ3n) is 2.81. The summed E-state index contributed by atoms with van der Waals surface area (Å²) in [4.78, 5) is 0. The smallest absolute Gasteiger partial charge is 0.124 e. The van der Waals surface area contributed by atoms with Gasteiger partial charge in [0.05, 0.1) is 5.82 Å². The summed E-state index contributed by atoms with van der Waals surface area (Å²) in [7, 11) is 0. The van der Waals surface area contributed by atoms with Crippen LogP contribution >= 0.6 is 0 Å². The number of hydrogen-bond acceptors (Lipinski definition) is 2. The van der Waals surface area contributed by atoms with Crippen molar-refractivity contribution in [1.82, 2.24) is 14.8 Å². The van der Waals surface area contributed by atoms with Gasteiger partial charge >= 0.3 is 0 Å². The molecular formula is C12H12IrN3-. The summed E-state index contributed by atoms with van der Waals surface area (Å²) in [6.45, 7) is 1.04. The normalized spacial score (nSPS) is 14.0. The Morgan fingerprint density at radius 2 is 2.12 bits per heavy atom. The number of hydrogen-bond donors (Lipinski definition) is 0. The van der Waals surface area contributed by atoms with Gasteiger partial charge < -0.3 is 4.57 Å². The molecule has 0 unspecified atom stereocenters. The molecule has 0 fully saturated rings. The maximum Gasteiger partial charge on any atom is 0.124 e. The molecule has 4 heteroatoms. The minimum Gasteiger partial charge on any atom is -0.351 e. The minimum absolute atomic E-state index is 0. The Morgan fingerprint density at radius 3 is 2.94 bits per heavy atom. The second-order valence-corrected chi connectivity index (χ2v) is 3.82. The summed E-state index contributed by atoms with van der Waals surface area (Å²) in [6.07, 6.45) is 3.52. The first-order valence-electron chi connectivity index (χ1n) is 5.34.